The number of thiophene rings is 1. The molecule has 1 N–H and O–H groups in total. The summed E-state index contributed by atoms with van der Waals surface area (Å²) in [6.45, 7) is -0.240. The van der Waals surface area contributed by atoms with Crippen LogP contribution in [0.4, 0.5) is 5.00 Å². The molecule has 3 aromatic rings. The second kappa shape index (κ2) is 9.23. The molecule has 1 heterocycles. The van der Waals surface area contributed by atoms with Crippen LogP contribution in [0.5, 0.6) is 5.75 Å². The quantitative estimate of drug-likeness (QED) is 0.464. The number of nitrogens with one attached hydrogen (secondary N) is 1. The fourth-order valence-electron chi connectivity index (χ4n) is 2.46. The first-order valence-corrected chi connectivity index (χ1v) is 10.2. The topological polar surface area (TPSA) is 64.6 Å². The average Bonchev–Trinajstić information content (AvgIpc) is 3.10. The van der Waals surface area contributed by atoms with Gasteiger partial charge in [0.15, 0.2) is 6.61 Å². The first-order chi connectivity index (χ1) is 13.5. The summed E-state index contributed by atoms with van der Waals surface area (Å²) in [4.78, 5) is 24.7. The van der Waals surface area contributed by atoms with Crippen LogP contribution in [0.3, 0.4) is 0 Å². The highest BCUT2D eigenvalue weighted by atomic mass is 79.9. The van der Waals surface area contributed by atoms with Crippen molar-refractivity contribution in [1.82, 2.24) is 0 Å². The maximum absolute atomic E-state index is 12.3. The van der Waals surface area contributed by atoms with E-state index in [0.29, 0.717) is 26.9 Å². The molecule has 0 aliphatic carbocycles. The first kappa shape index (κ1) is 20.4. The number of benzene rings is 2. The van der Waals surface area contributed by atoms with Crippen LogP contribution in [0, 0.1) is 0 Å². The van der Waals surface area contributed by atoms with Crippen molar-refractivity contribution in [2.75, 3.05) is 19.0 Å². The maximum atomic E-state index is 12.3. The van der Waals surface area contributed by atoms with Crippen LogP contribution in [0.1, 0.15) is 10.4 Å². The van der Waals surface area contributed by atoms with Crippen LogP contribution >= 0.6 is 38.9 Å². The summed E-state index contributed by atoms with van der Waals surface area (Å²) in [6, 6.07) is 14.4. The van der Waals surface area contributed by atoms with Crippen LogP contribution in [0.15, 0.2) is 58.4 Å². The lowest BCUT2D eigenvalue weighted by Gasteiger charge is -2.09. The summed E-state index contributed by atoms with van der Waals surface area (Å²) in [5.41, 5.74) is 1.83. The molecule has 144 valence electrons. The monoisotopic (exact) mass is 479 g/mol. The number of hydrogen-bond donors (Lipinski definition) is 1. The van der Waals surface area contributed by atoms with E-state index in [2.05, 4.69) is 21.2 Å². The molecule has 8 heteroatoms. The molecule has 0 spiro atoms. The van der Waals surface area contributed by atoms with E-state index >= 15 is 0 Å². The molecule has 0 atom stereocenters. The standard InChI is InChI=1S/C20H15BrClNO4S/c1-26-20(25)18-14(12-6-8-13(21)9-7-12)11-28-19(18)23-17(24)10-27-16-5-3-2-4-15(16)22/h2-9,11H,10H2,1H3,(H,23,24). The van der Waals surface area contributed by atoms with Crippen molar-refractivity contribution < 1.29 is 19.1 Å². The van der Waals surface area contributed by atoms with E-state index < -0.39 is 11.9 Å². The summed E-state index contributed by atoms with van der Waals surface area (Å²) in [5.74, 6) is -0.523. The highest BCUT2D eigenvalue weighted by Gasteiger charge is 2.22. The Hall–Kier alpha value is -2.35. The van der Waals surface area contributed by atoms with E-state index in [1.165, 1.54) is 18.4 Å². The number of amides is 1. The third-order valence-corrected chi connectivity index (χ3v) is 5.52. The molecule has 0 saturated carbocycles. The Bertz CT molecular complexity index is 1000. The van der Waals surface area contributed by atoms with Gasteiger partial charge in [-0.25, -0.2) is 4.79 Å². The molecule has 5 nitrogen and oxygen atoms in total. The number of anilines is 1. The van der Waals surface area contributed by atoms with Crippen molar-refractivity contribution in [3.63, 3.8) is 0 Å². The number of halogens is 2. The average molecular weight is 481 g/mol. The molecule has 0 fully saturated rings. The maximum Gasteiger partial charge on any atom is 0.341 e. The van der Waals surface area contributed by atoms with Gasteiger partial charge in [-0.2, -0.15) is 0 Å². The number of ether oxygens (including phenoxy) is 2. The number of carbonyl (C=O) groups is 2. The molecule has 28 heavy (non-hydrogen) atoms. The van der Waals surface area contributed by atoms with Crippen LogP contribution in [0.2, 0.25) is 5.02 Å². The smallest absolute Gasteiger partial charge is 0.341 e. The Morgan fingerprint density at radius 2 is 1.86 bits per heavy atom. The Kier molecular flexibility index (Phi) is 6.72. The van der Waals surface area contributed by atoms with E-state index in [-0.39, 0.29) is 6.61 Å². The third-order valence-electron chi connectivity index (χ3n) is 3.78. The molecule has 0 radical (unpaired) electrons. The fraction of sp³-hybridized carbons (Fsp3) is 0.100. The normalized spacial score (nSPS) is 10.4. The minimum atomic E-state index is -0.526. The molecular weight excluding hydrogens is 466 g/mol. The summed E-state index contributed by atoms with van der Waals surface area (Å²) < 4.78 is 11.3. The van der Waals surface area contributed by atoms with Gasteiger partial charge in [0.05, 0.1) is 12.1 Å². The van der Waals surface area contributed by atoms with Gasteiger partial charge in [0.2, 0.25) is 0 Å². The molecule has 0 aliphatic rings. The van der Waals surface area contributed by atoms with Crippen LogP contribution in [0.25, 0.3) is 11.1 Å². The largest absolute Gasteiger partial charge is 0.482 e. The lowest BCUT2D eigenvalue weighted by Crippen LogP contribution is -2.21. The lowest BCUT2D eigenvalue weighted by molar-refractivity contribution is -0.118. The number of carbonyl (C=O) groups excluding carboxylic acids is 2. The molecule has 1 aromatic heterocycles. The van der Waals surface area contributed by atoms with Crippen LogP contribution < -0.4 is 10.1 Å². The summed E-state index contributed by atoms with van der Waals surface area (Å²) >= 11 is 10.7. The number of methoxy groups -OCH3 is 1. The highest BCUT2D eigenvalue weighted by molar-refractivity contribution is 9.10. The van der Waals surface area contributed by atoms with Crippen LogP contribution in [-0.2, 0) is 9.53 Å². The van der Waals surface area contributed by atoms with Gasteiger partial charge in [0.1, 0.15) is 16.3 Å². The van der Waals surface area contributed by atoms with Gasteiger partial charge in [-0.1, -0.05) is 51.8 Å². The van der Waals surface area contributed by atoms with Crippen molar-refractivity contribution >= 4 is 55.7 Å². The van der Waals surface area contributed by atoms with Gasteiger partial charge >= 0.3 is 5.97 Å². The second-order valence-corrected chi connectivity index (χ2v) is 7.82. The van der Waals surface area contributed by atoms with E-state index in [9.17, 15) is 9.59 Å². The molecule has 1 amide bonds. The first-order valence-electron chi connectivity index (χ1n) is 8.12. The summed E-state index contributed by atoms with van der Waals surface area (Å²) in [5, 5.41) is 5.34. The van der Waals surface area contributed by atoms with E-state index in [1.807, 2.05) is 24.3 Å². The Morgan fingerprint density at radius 1 is 1.14 bits per heavy atom. The molecule has 0 aliphatic heterocycles. The summed E-state index contributed by atoms with van der Waals surface area (Å²) in [6.07, 6.45) is 0. The molecule has 3 rings (SSSR count). The molecule has 2 aromatic carbocycles. The van der Waals surface area contributed by atoms with Crippen molar-refractivity contribution in [2.24, 2.45) is 0 Å². The zero-order valence-electron chi connectivity index (χ0n) is 14.7. The summed E-state index contributed by atoms with van der Waals surface area (Å²) in [7, 11) is 1.30. The van der Waals surface area contributed by atoms with Crippen molar-refractivity contribution in [3.8, 4) is 16.9 Å². The van der Waals surface area contributed by atoms with Gasteiger partial charge < -0.3 is 14.8 Å². The Balaban J connectivity index is 1.79. The zero-order valence-corrected chi connectivity index (χ0v) is 17.9. The molecular formula is C20H15BrClNO4S. The van der Waals surface area contributed by atoms with Gasteiger partial charge in [0, 0.05) is 15.4 Å². The third kappa shape index (κ3) is 4.73. The SMILES string of the molecule is COC(=O)c1c(-c2ccc(Br)cc2)csc1NC(=O)COc1ccccc1Cl. The van der Waals surface area contributed by atoms with E-state index in [4.69, 9.17) is 21.1 Å². The van der Waals surface area contributed by atoms with Gasteiger partial charge in [-0.15, -0.1) is 11.3 Å². The molecule has 0 saturated heterocycles. The van der Waals surface area contributed by atoms with Crippen molar-refractivity contribution in [3.05, 3.63) is 69.0 Å². The number of hydrogen-bond acceptors (Lipinski definition) is 5. The lowest BCUT2D eigenvalue weighted by atomic mass is 10.0. The van der Waals surface area contributed by atoms with Crippen LogP contribution in [-0.4, -0.2) is 25.6 Å². The Labute approximate surface area is 179 Å². The fourth-order valence-corrected chi connectivity index (χ4v) is 3.89. The van der Waals surface area contributed by atoms with E-state index in [1.54, 1.807) is 29.6 Å². The van der Waals surface area contributed by atoms with Gasteiger partial charge in [0.25, 0.3) is 5.91 Å². The van der Waals surface area contributed by atoms with E-state index in [0.717, 1.165) is 10.0 Å². The van der Waals surface area contributed by atoms with Gasteiger partial charge in [-0.05, 0) is 29.8 Å². The number of rotatable bonds is 6. The number of esters is 1. The molecule has 0 unspecified atom stereocenters. The zero-order chi connectivity index (χ0) is 20.1. The number of para-hydroxylation sites is 1. The second-order valence-electron chi connectivity index (χ2n) is 5.62. The van der Waals surface area contributed by atoms with Crippen molar-refractivity contribution in [1.29, 1.82) is 0 Å². The predicted octanol–water partition coefficient (Wildman–Crippen LogP) is 5.64. The minimum absolute atomic E-state index is 0.240. The van der Waals surface area contributed by atoms with Gasteiger partial charge in [-0.3, -0.25) is 4.79 Å². The minimum Gasteiger partial charge on any atom is -0.482 e. The molecule has 0 bridgehead atoms. The van der Waals surface area contributed by atoms with Crippen molar-refractivity contribution in [2.45, 2.75) is 0 Å². The Morgan fingerprint density at radius 3 is 2.54 bits per heavy atom. The highest BCUT2D eigenvalue weighted by Crippen LogP contribution is 2.36. The predicted molar refractivity (Wildman–Crippen MR) is 114 cm³/mol.